The molecule has 1 aliphatic rings. The second-order valence-electron chi connectivity index (χ2n) is 4.17. The van der Waals surface area contributed by atoms with Crippen LogP contribution in [0, 0.1) is 11.7 Å². The van der Waals surface area contributed by atoms with Gasteiger partial charge in [0.15, 0.2) is 0 Å². The van der Waals surface area contributed by atoms with Gasteiger partial charge < -0.3 is 10.0 Å². The van der Waals surface area contributed by atoms with E-state index < -0.39 is 11.8 Å². The maximum Gasteiger partial charge on any atom is 0.337 e. The van der Waals surface area contributed by atoms with Gasteiger partial charge in [0, 0.05) is 18.8 Å². The number of hydrogen-bond donors (Lipinski definition) is 1. The lowest BCUT2D eigenvalue weighted by Crippen LogP contribution is -2.27. The minimum absolute atomic E-state index is 0.0691. The maximum atomic E-state index is 13.8. The monoisotopic (exact) mass is 271 g/mol. The molecule has 1 aromatic carbocycles. The number of para-hydroxylation sites is 1. The normalized spacial score (nSPS) is 19.3. The minimum atomic E-state index is -1.26. The van der Waals surface area contributed by atoms with Crippen molar-refractivity contribution < 1.29 is 19.1 Å². The van der Waals surface area contributed by atoms with Crippen molar-refractivity contribution in [3.8, 4) is 0 Å². The number of amides is 1. The SMILES string of the molecule is O=C(O)c1cccc(F)c1N1CC(CCl)CC1=O. The molecule has 1 fully saturated rings. The predicted octanol–water partition coefficient (Wildman–Crippen LogP) is 2.12. The fourth-order valence-electron chi connectivity index (χ4n) is 2.06. The highest BCUT2D eigenvalue weighted by Crippen LogP contribution is 2.31. The van der Waals surface area contributed by atoms with Gasteiger partial charge in [-0.25, -0.2) is 9.18 Å². The molecule has 18 heavy (non-hydrogen) atoms. The van der Waals surface area contributed by atoms with Crippen LogP contribution in [0.25, 0.3) is 0 Å². The van der Waals surface area contributed by atoms with Crippen LogP contribution in [0.15, 0.2) is 18.2 Å². The van der Waals surface area contributed by atoms with E-state index in [4.69, 9.17) is 16.7 Å². The summed E-state index contributed by atoms with van der Waals surface area (Å²) in [4.78, 5) is 24.0. The van der Waals surface area contributed by atoms with E-state index in [1.54, 1.807) is 0 Å². The van der Waals surface area contributed by atoms with E-state index in [-0.39, 0.29) is 36.0 Å². The van der Waals surface area contributed by atoms with Crippen molar-refractivity contribution in [3.05, 3.63) is 29.6 Å². The van der Waals surface area contributed by atoms with Crippen molar-refractivity contribution in [2.45, 2.75) is 6.42 Å². The van der Waals surface area contributed by atoms with Crippen LogP contribution in [0.4, 0.5) is 10.1 Å². The van der Waals surface area contributed by atoms with Crippen LogP contribution in [0.3, 0.4) is 0 Å². The first-order valence-electron chi connectivity index (χ1n) is 5.42. The number of carboxylic acid groups (broad SMARTS) is 1. The highest BCUT2D eigenvalue weighted by molar-refractivity contribution is 6.18. The Morgan fingerprint density at radius 1 is 1.56 bits per heavy atom. The molecule has 0 saturated carbocycles. The lowest BCUT2D eigenvalue weighted by molar-refractivity contribution is -0.117. The number of benzene rings is 1. The second kappa shape index (κ2) is 4.94. The Morgan fingerprint density at radius 3 is 2.83 bits per heavy atom. The van der Waals surface area contributed by atoms with Crippen molar-refractivity contribution in [3.63, 3.8) is 0 Å². The fraction of sp³-hybridized carbons (Fsp3) is 0.333. The van der Waals surface area contributed by atoms with Gasteiger partial charge in [-0.1, -0.05) is 6.07 Å². The standard InChI is InChI=1S/C12H11ClFNO3/c13-5-7-4-10(16)15(6-7)11-8(12(17)18)2-1-3-9(11)14/h1-3,7H,4-6H2,(H,17,18). The summed E-state index contributed by atoms with van der Waals surface area (Å²) in [7, 11) is 0. The molecule has 0 spiro atoms. The molecule has 0 radical (unpaired) electrons. The van der Waals surface area contributed by atoms with E-state index in [9.17, 15) is 14.0 Å². The number of hydrogen-bond acceptors (Lipinski definition) is 2. The second-order valence-corrected chi connectivity index (χ2v) is 4.48. The highest BCUT2D eigenvalue weighted by Gasteiger charge is 2.33. The van der Waals surface area contributed by atoms with Crippen LogP contribution >= 0.6 is 11.6 Å². The lowest BCUT2D eigenvalue weighted by Gasteiger charge is -2.19. The van der Waals surface area contributed by atoms with E-state index >= 15 is 0 Å². The fourth-order valence-corrected chi connectivity index (χ4v) is 2.27. The zero-order chi connectivity index (χ0) is 13.3. The van der Waals surface area contributed by atoms with Crippen molar-refractivity contribution in [1.29, 1.82) is 0 Å². The molecule has 1 aliphatic heterocycles. The molecule has 1 atom stereocenters. The average Bonchev–Trinajstić information content (AvgIpc) is 2.70. The van der Waals surface area contributed by atoms with Gasteiger partial charge in [0.1, 0.15) is 5.82 Å². The van der Waals surface area contributed by atoms with Crippen molar-refractivity contribution in [2.75, 3.05) is 17.3 Å². The third-order valence-corrected chi connectivity index (χ3v) is 3.35. The van der Waals surface area contributed by atoms with Crippen LogP contribution in [-0.2, 0) is 4.79 Å². The molecular weight excluding hydrogens is 261 g/mol. The molecule has 4 nitrogen and oxygen atoms in total. The molecular formula is C12H11ClFNO3. The first kappa shape index (κ1) is 12.8. The van der Waals surface area contributed by atoms with E-state index in [0.717, 1.165) is 6.07 Å². The van der Waals surface area contributed by atoms with Gasteiger partial charge in [0.25, 0.3) is 0 Å². The van der Waals surface area contributed by atoms with Gasteiger partial charge in [0.2, 0.25) is 5.91 Å². The Labute approximate surface area is 108 Å². The first-order chi connectivity index (χ1) is 8.54. The molecule has 1 unspecified atom stereocenters. The summed E-state index contributed by atoms with van der Waals surface area (Å²) in [6.07, 6.45) is 0.219. The molecule has 1 N–H and O–H groups in total. The molecule has 2 rings (SSSR count). The van der Waals surface area contributed by atoms with E-state index in [0.29, 0.717) is 5.88 Å². The molecule has 96 valence electrons. The van der Waals surface area contributed by atoms with E-state index in [2.05, 4.69) is 0 Å². The summed E-state index contributed by atoms with van der Waals surface area (Å²) in [5, 5.41) is 9.03. The quantitative estimate of drug-likeness (QED) is 0.857. The van der Waals surface area contributed by atoms with Gasteiger partial charge in [-0.3, -0.25) is 4.79 Å². The number of nitrogens with zero attached hydrogens (tertiary/aromatic N) is 1. The summed E-state index contributed by atoms with van der Waals surface area (Å²) in [6.45, 7) is 0.254. The smallest absolute Gasteiger partial charge is 0.337 e. The molecule has 1 amide bonds. The number of halogens is 2. The molecule has 0 aromatic heterocycles. The van der Waals surface area contributed by atoms with Crippen LogP contribution in [-0.4, -0.2) is 29.4 Å². The Kier molecular flexibility index (Phi) is 3.52. The zero-order valence-electron chi connectivity index (χ0n) is 9.40. The number of alkyl halides is 1. The zero-order valence-corrected chi connectivity index (χ0v) is 10.2. The topological polar surface area (TPSA) is 57.6 Å². The summed E-state index contributed by atoms with van der Waals surface area (Å²) in [5.74, 6) is -2.04. The summed E-state index contributed by atoms with van der Waals surface area (Å²) in [5.41, 5.74) is -0.374. The van der Waals surface area contributed by atoms with Gasteiger partial charge in [-0.15, -0.1) is 11.6 Å². The Hall–Kier alpha value is -1.62. The van der Waals surface area contributed by atoms with Crippen molar-refractivity contribution in [2.24, 2.45) is 5.92 Å². The number of aromatic carboxylic acids is 1. The first-order valence-corrected chi connectivity index (χ1v) is 5.96. The van der Waals surface area contributed by atoms with Gasteiger partial charge in [-0.2, -0.15) is 0 Å². The summed E-state index contributed by atoms with van der Waals surface area (Å²) in [6, 6.07) is 3.73. The molecule has 1 heterocycles. The number of rotatable bonds is 3. The van der Waals surface area contributed by atoms with Crippen molar-refractivity contribution >= 4 is 29.2 Å². The third kappa shape index (κ3) is 2.18. The van der Waals surface area contributed by atoms with Gasteiger partial charge in [0.05, 0.1) is 11.3 Å². The molecule has 1 aromatic rings. The molecule has 6 heteroatoms. The molecule has 0 aliphatic carbocycles. The Bertz CT molecular complexity index is 506. The molecule has 0 bridgehead atoms. The number of anilines is 1. The van der Waals surface area contributed by atoms with Crippen molar-refractivity contribution in [1.82, 2.24) is 0 Å². The predicted molar refractivity (Wildman–Crippen MR) is 64.5 cm³/mol. The highest BCUT2D eigenvalue weighted by atomic mass is 35.5. The number of carbonyl (C=O) groups excluding carboxylic acids is 1. The maximum absolute atomic E-state index is 13.8. The molecule has 1 saturated heterocycles. The summed E-state index contributed by atoms with van der Waals surface area (Å²) < 4.78 is 13.8. The van der Waals surface area contributed by atoms with Gasteiger partial charge >= 0.3 is 5.97 Å². The van der Waals surface area contributed by atoms with Crippen LogP contribution < -0.4 is 4.90 Å². The van der Waals surface area contributed by atoms with E-state index in [1.165, 1.54) is 17.0 Å². The third-order valence-electron chi connectivity index (χ3n) is 2.91. The number of carbonyl (C=O) groups is 2. The van der Waals surface area contributed by atoms with Gasteiger partial charge in [-0.05, 0) is 18.1 Å². The van der Waals surface area contributed by atoms with Crippen LogP contribution in [0.2, 0.25) is 0 Å². The van der Waals surface area contributed by atoms with Crippen LogP contribution in [0.1, 0.15) is 16.8 Å². The average molecular weight is 272 g/mol. The van der Waals surface area contributed by atoms with E-state index in [1.807, 2.05) is 0 Å². The number of carboxylic acids is 1. The largest absolute Gasteiger partial charge is 0.478 e. The Morgan fingerprint density at radius 2 is 2.28 bits per heavy atom. The lowest BCUT2D eigenvalue weighted by atomic mass is 10.1. The minimum Gasteiger partial charge on any atom is -0.478 e. The Balaban J connectivity index is 2.45. The van der Waals surface area contributed by atoms with Crippen LogP contribution in [0.5, 0.6) is 0 Å². The summed E-state index contributed by atoms with van der Waals surface area (Å²) >= 11 is 5.68.